The van der Waals surface area contributed by atoms with Gasteiger partial charge in [-0.3, -0.25) is 0 Å². The Hall–Kier alpha value is -0.0000000000000000555. The molecule has 1 heterocycles. The number of aryl methyl sites for hydroxylation is 1. The largest absolute Gasteiger partial charge is 0.390 e. The van der Waals surface area contributed by atoms with Crippen LogP contribution < -0.4 is 0 Å². The summed E-state index contributed by atoms with van der Waals surface area (Å²) in [7, 11) is 0. The molecular weight excluding hydrogens is 250 g/mol. The summed E-state index contributed by atoms with van der Waals surface area (Å²) in [6.45, 7) is 0.602. The summed E-state index contributed by atoms with van der Waals surface area (Å²) in [5, 5.41) is 8.39. The molecule has 12 heavy (non-hydrogen) atoms. The van der Waals surface area contributed by atoms with E-state index in [0.717, 1.165) is 16.2 Å². The minimum Gasteiger partial charge on any atom is -0.390 e. The molecule has 1 aromatic rings. The fourth-order valence-corrected chi connectivity index (χ4v) is 2.22. The Morgan fingerprint density at radius 3 is 2.58 bits per heavy atom. The summed E-state index contributed by atoms with van der Waals surface area (Å²) in [5.41, 5.74) is 0. The standard InChI is InChI=1S/C7H7BrF2OS/c1-4-5(8)2-6(12-4)7(9,10)3-11/h2,11H,3H2,1H3. The summed E-state index contributed by atoms with van der Waals surface area (Å²) in [6, 6.07) is 1.34. The van der Waals surface area contributed by atoms with Crippen molar-refractivity contribution in [3.8, 4) is 0 Å². The Balaban J connectivity index is 3.04. The van der Waals surface area contributed by atoms with Crippen LogP contribution in [0.1, 0.15) is 9.75 Å². The number of aliphatic hydroxyl groups excluding tert-OH is 1. The number of hydrogen-bond donors (Lipinski definition) is 1. The van der Waals surface area contributed by atoms with Crippen molar-refractivity contribution < 1.29 is 13.9 Å². The van der Waals surface area contributed by atoms with Crippen LogP contribution in [0.5, 0.6) is 0 Å². The van der Waals surface area contributed by atoms with E-state index in [1.54, 1.807) is 6.92 Å². The molecule has 0 unspecified atom stereocenters. The second-order valence-corrected chi connectivity index (χ2v) is 4.49. The maximum absolute atomic E-state index is 12.8. The van der Waals surface area contributed by atoms with Crippen molar-refractivity contribution in [3.63, 3.8) is 0 Å². The van der Waals surface area contributed by atoms with Gasteiger partial charge in [0.1, 0.15) is 6.61 Å². The van der Waals surface area contributed by atoms with Crippen molar-refractivity contribution in [1.82, 2.24) is 0 Å². The first kappa shape index (κ1) is 10.1. The van der Waals surface area contributed by atoms with E-state index in [0.29, 0.717) is 4.47 Å². The fraction of sp³-hybridized carbons (Fsp3) is 0.429. The van der Waals surface area contributed by atoms with Crippen molar-refractivity contribution in [2.24, 2.45) is 0 Å². The summed E-state index contributed by atoms with van der Waals surface area (Å²) >= 11 is 4.12. The number of halogens is 3. The molecule has 0 aliphatic rings. The average molecular weight is 257 g/mol. The van der Waals surface area contributed by atoms with E-state index in [2.05, 4.69) is 15.9 Å². The second kappa shape index (κ2) is 3.40. The average Bonchev–Trinajstić information content (AvgIpc) is 2.33. The van der Waals surface area contributed by atoms with Crippen molar-refractivity contribution in [1.29, 1.82) is 0 Å². The number of rotatable bonds is 2. The maximum Gasteiger partial charge on any atom is 0.304 e. The molecular formula is C7H7BrF2OS. The van der Waals surface area contributed by atoms with Crippen molar-refractivity contribution in [2.75, 3.05) is 6.61 Å². The van der Waals surface area contributed by atoms with Gasteiger partial charge in [0.05, 0.1) is 4.88 Å². The SMILES string of the molecule is Cc1sc(C(F)(F)CO)cc1Br. The van der Waals surface area contributed by atoms with Gasteiger partial charge in [-0.05, 0) is 28.9 Å². The molecule has 1 nitrogen and oxygen atoms in total. The molecule has 0 aromatic carbocycles. The zero-order chi connectivity index (χ0) is 9.35. The van der Waals surface area contributed by atoms with E-state index in [-0.39, 0.29) is 4.88 Å². The number of thiophene rings is 1. The molecule has 0 radical (unpaired) electrons. The third kappa shape index (κ3) is 1.84. The van der Waals surface area contributed by atoms with Crippen LogP contribution in [0.3, 0.4) is 0 Å². The van der Waals surface area contributed by atoms with Crippen molar-refractivity contribution in [3.05, 3.63) is 20.3 Å². The van der Waals surface area contributed by atoms with Gasteiger partial charge in [0, 0.05) is 9.35 Å². The molecule has 1 N–H and O–H groups in total. The lowest BCUT2D eigenvalue weighted by Crippen LogP contribution is -2.16. The predicted molar refractivity (Wildman–Crippen MR) is 47.7 cm³/mol. The Morgan fingerprint density at radius 1 is 1.67 bits per heavy atom. The van der Waals surface area contributed by atoms with Gasteiger partial charge in [0.2, 0.25) is 0 Å². The molecule has 5 heteroatoms. The van der Waals surface area contributed by atoms with Crippen molar-refractivity contribution in [2.45, 2.75) is 12.8 Å². The van der Waals surface area contributed by atoms with E-state index >= 15 is 0 Å². The predicted octanol–water partition coefficient (Wildman–Crippen LogP) is 2.90. The van der Waals surface area contributed by atoms with Crippen molar-refractivity contribution >= 4 is 27.3 Å². The monoisotopic (exact) mass is 256 g/mol. The van der Waals surface area contributed by atoms with Gasteiger partial charge in [-0.25, -0.2) is 0 Å². The van der Waals surface area contributed by atoms with E-state index in [9.17, 15) is 8.78 Å². The smallest absolute Gasteiger partial charge is 0.304 e. The van der Waals surface area contributed by atoms with Gasteiger partial charge in [0.25, 0.3) is 0 Å². The van der Waals surface area contributed by atoms with E-state index < -0.39 is 12.5 Å². The van der Waals surface area contributed by atoms with E-state index in [1.165, 1.54) is 6.07 Å². The van der Waals surface area contributed by atoms with Crippen LogP contribution in [-0.2, 0) is 5.92 Å². The van der Waals surface area contributed by atoms with Gasteiger partial charge in [-0.15, -0.1) is 11.3 Å². The highest BCUT2D eigenvalue weighted by Crippen LogP contribution is 2.36. The molecule has 0 atom stereocenters. The van der Waals surface area contributed by atoms with E-state index in [1.807, 2.05) is 0 Å². The first-order chi connectivity index (χ1) is 5.47. The molecule has 0 saturated heterocycles. The fourth-order valence-electron chi connectivity index (χ4n) is 0.718. The molecule has 0 aliphatic carbocycles. The van der Waals surface area contributed by atoms with E-state index in [4.69, 9.17) is 5.11 Å². The minimum absolute atomic E-state index is 0.102. The topological polar surface area (TPSA) is 20.2 Å². The molecule has 1 rings (SSSR count). The minimum atomic E-state index is -3.11. The summed E-state index contributed by atoms with van der Waals surface area (Å²) in [4.78, 5) is 0.688. The summed E-state index contributed by atoms with van der Waals surface area (Å²) < 4.78 is 26.3. The van der Waals surface area contributed by atoms with Crippen LogP contribution >= 0.6 is 27.3 Å². The highest BCUT2D eigenvalue weighted by Gasteiger charge is 2.32. The molecule has 0 spiro atoms. The zero-order valence-corrected chi connectivity index (χ0v) is 8.68. The molecule has 0 aliphatic heterocycles. The Kier molecular flexibility index (Phi) is 2.85. The summed E-state index contributed by atoms with van der Waals surface area (Å²) in [6.07, 6.45) is 0. The molecule has 0 amide bonds. The first-order valence-corrected chi connectivity index (χ1v) is 4.83. The maximum atomic E-state index is 12.8. The third-order valence-corrected chi connectivity index (χ3v) is 3.66. The van der Waals surface area contributed by atoms with Gasteiger partial charge >= 0.3 is 5.92 Å². The molecule has 0 saturated carbocycles. The second-order valence-electron chi connectivity index (χ2n) is 2.38. The van der Waals surface area contributed by atoms with Gasteiger partial charge < -0.3 is 5.11 Å². The van der Waals surface area contributed by atoms with Crippen LogP contribution in [0.2, 0.25) is 0 Å². The lowest BCUT2D eigenvalue weighted by atomic mass is 10.3. The highest BCUT2D eigenvalue weighted by atomic mass is 79.9. The van der Waals surface area contributed by atoms with Crippen LogP contribution in [0, 0.1) is 6.92 Å². The van der Waals surface area contributed by atoms with Crippen LogP contribution in [0.4, 0.5) is 8.78 Å². The molecule has 1 aromatic heterocycles. The summed E-state index contributed by atoms with van der Waals surface area (Å²) in [5.74, 6) is -3.11. The quantitative estimate of drug-likeness (QED) is 0.863. The zero-order valence-electron chi connectivity index (χ0n) is 6.27. The lowest BCUT2D eigenvalue weighted by molar-refractivity contribution is -0.0524. The third-order valence-electron chi connectivity index (χ3n) is 1.42. The molecule has 68 valence electrons. The normalized spacial score (nSPS) is 12.1. The number of hydrogen-bond acceptors (Lipinski definition) is 2. The lowest BCUT2D eigenvalue weighted by Gasteiger charge is -2.09. The van der Waals surface area contributed by atoms with Crippen LogP contribution in [0.25, 0.3) is 0 Å². The van der Waals surface area contributed by atoms with Crippen LogP contribution in [0.15, 0.2) is 10.5 Å². The Labute approximate surface area is 81.2 Å². The molecule has 0 bridgehead atoms. The van der Waals surface area contributed by atoms with Crippen LogP contribution in [-0.4, -0.2) is 11.7 Å². The molecule has 0 fully saturated rings. The highest BCUT2D eigenvalue weighted by molar-refractivity contribution is 9.10. The van der Waals surface area contributed by atoms with Gasteiger partial charge in [-0.1, -0.05) is 0 Å². The Morgan fingerprint density at radius 2 is 2.25 bits per heavy atom. The van der Waals surface area contributed by atoms with Gasteiger partial charge in [0.15, 0.2) is 0 Å². The first-order valence-electron chi connectivity index (χ1n) is 3.22. The number of alkyl halides is 2. The Bertz CT molecular complexity index is 265. The number of aliphatic hydroxyl groups is 1. The van der Waals surface area contributed by atoms with Gasteiger partial charge in [-0.2, -0.15) is 8.78 Å².